The molecule has 0 radical (unpaired) electrons. The number of nitrogens with zero attached hydrogens (tertiary/aromatic N) is 3. The molecule has 1 aliphatic carbocycles. The molecule has 0 bridgehead atoms. The lowest BCUT2D eigenvalue weighted by Crippen LogP contribution is -2.49. The Morgan fingerprint density at radius 2 is 2.12 bits per heavy atom. The fourth-order valence-electron chi connectivity index (χ4n) is 4.28. The van der Waals surface area contributed by atoms with Gasteiger partial charge in [-0.2, -0.15) is 5.10 Å². The number of ether oxygens (including phenoxy) is 1. The zero-order chi connectivity index (χ0) is 22.7. The van der Waals surface area contributed by atoms with Crippen LogP contribution in [0.15, 0.2) is 12.4 Å². The number of aryl methyl sites for hydroxylation is 1. The van der Waals surface area contributed by atoms with Crippen molar-refractivity contribution in [3.8, 4) is 11.3 Å². The Morgan fingerprint density at radius 3 is 2.84 bits per heavy atom. The molecular formula is C22H29ClN6O3. The van der Waals surface area contributed by atoms with E-state index in [1.807, 2.05) is 13.2 Å². The van der Waals surface area contributed by atoms with Crippen molar-refractivity contribution in [2.45, 2.75) is 64.1 Å². The van der Waals surface area contributed by atoms with Gasteiger partial charge in [-0.1, -0.05) is 37.8 Å². The normalized spacial score (nSPS) is 19.9. The van der Waals surface area contributed by atoms with Crippen LogP contribution in [0.25, 0.3) is 11.3 Å². The molecule has 2 atom stereocenters. The fraction of sp³-hybridized carbons (Fsp3) is 0.545. The van der Waals surface area contributed by atoms with Crippen molar-refractivity contribution >= 4 is 29.4 Å². The van der Waals surface area contributed by atoms with Gasteiger partial charge in [0.05, 0.1) is 35.1 Å². The maximum absolute atomic E-state index is 12.5. The number of anilines is 1. The van der Waals surface area contributed by atoms with Crippen LogP contribution in [0.5, 0.6) is 0 Å². The minimum atomic E-state index is -0.393. The van der Waals surface area contributed by atoms with E-state index in [2.05, 4.69) is 28.0 Å². The number of amides is 2. The lowest BCUT2D eigenvalue weighted by Gasteiger charge is -2.33. The molecule has 1 aliphatic heterocycles. The molecule has 32 heavy (non-hydrogen) atoms. The predicted molar refractivity (Wildman–Crippen MR) is 122 cm³/mol. The Kier molecular flexibility index (Phi) is 6.83. The molecular weight excluding hydrogens is 432 g/mol. The molecule has 3 heterocycles. The summed E-state index contributed by atoms with van der Waals surface area (Å²) in [6.07, 6.45) is 8.72. The Morgan fingerprint density at radius 1 is 1.34 bits per heavy atom. The highest BCUT2D eigenvalue weighted by Crippen LogP contribution is 2.37. The van der Waals surface area contributed by atoms with Gasteiger partial charge >= 0.3 is 6.09 Å². The number of hydrogen-bond donors (Lipinski definition) is 3. The number of rotatable bonds is 7. The summed E-state index contributed by atoms with van der Waals surface area (Å²) in [4.78, 5) is 29.5. The second-order valence-corrected chi connectivity index (χ2v) is 8.72. The molecule has 10 heteroatoms. The number of carbonyl (C=O) groups is 2. The smallest absolute Gasteiger partial charge is 0.407 e. The molecule has 1 saturated carbocycles. The van der Waals surface area contributed by atoms with E-state index in [9.17, 15) is 9.59 Å². The highest BCUT2D eigenvalue weighted by atomic mass is 35.5. The number of hydrogen-bond acceptors (Lipinski definition) is 6. The van der Waals surface area contributed by atoms with Crippen molar-refractivity contribution < 1.29 is 14.3 Å². The maximum atomic E-state index is 12.5. The summed E-state index contributed by atoms with van der Waals surface area (Å²) >= 11 is 6.69. The van der Waals surface area contributed by atoms with Gasteiger partial charge in [0, 0.05) is 37.0 Å². The van der Waals surface area contributed by atoms with Gasteiger partial charge in [-0.25, -0.2) is 9.78 Å². The standard InChI is InChI=1S/C22H29ClN6O3/c1-3-4-9-32-22(31)27-16-8-6-5-7-15(16)26-20-18(23)14-11-24-21(30)17(14)19(28-20)13-10-25-29(2)12-13/h10,12,15-16H,3-9,11H2,1-2H3,(H,24,30)(H,26,28)(H,27,31)/t15-,16+/m1/s1. The molecule has 2 aromatic rings. The molecule has 0 saturated heterocycles. The number of nitrogens with one attached hydrogen (secondary N) is 3. The second-order valence-electron chi connectivity index (χ2n) is 8.34. The zero-order valence-corrected chi connectivity index (χ0v) is 19.2. The van der Waals surface area contributed by atoms with Gasteiger partial charge in [0.1, 0.15) is 5.82 Å². The van der Waals surface area contributed by atoms with Crippen molar-refractivity contribution in [1.82, 2.24) is 25.4 Å². The molecule has 9 nitrogen and oxygen atoms in total. The Hall–Kier alpha value is -2.81. The molecule has 3 N–H and O–H groups in total. The Balaban J connectivity index is 1.59. The number of fused-ring (bicyclic) bond motifs is 1. The summed E-state index contributed by atoms with van der Waals surface area (Å²) in [5, 5.41) is 13.9. The van der Waals surface area contributed by atoms with E-state index >= 15 is 0 Å². The first-order valence-corrected chi connectivity index (χ1v) is 11.5. The average molecular weight is 461 g/mol. The third-order valence-electron chi connectivity index (χ3n) is 5.99. The third-order valence-corrected chi connectivity index (χ3v) is 6.40. The second kappa shape index (κ2) is 9.77. The van der Waals surface area contributed by atoms with Crippen LogP contribution in [0.2, 0.25) is 5.02 Å². The van der Waals surface area contributed by atoms with Gasteiger partial charge in [0.15, 0.2) is 0 Å². The SMILES string of the molecule is CCCCOC(=O)N[C@H]1CCCC[C@H]1Nc1nc(-c2cnn(C)c2)c2c(c1Cl)CNC2=O. The van der Waals surface area contributed by atoms with E-state index in [-0.39, 0.29) is 18.0 Å². The van der Waals surface area contributed by atoms with Crippen LogP contribution in [0, 0.1) is 0 Å². The van der Waals surface area contributed by atoms with E-state index in [0.29, 0.717) is 35.2 Å². The van der Waals surface area contributed by atoms with Crippen molar-refractivity contribution in [1.29, 1.82) is 0 Å². The number of aromatic nitrogens is 3. The number of unbranched alkanes of at least 4 members (excludes halogenated alkanes) is 1. The van der Waals surface area contributed by atoms with Gasteiger partial charge in [-0.15, -0.1) is 0 Å². The summed E-state index contributed by atoms with van der Waals surface area (Å²) in [5.41, 5.74) is 2.52. The summed E-state index contributed by atoms with van der Waals surface area (Å²) < 4.78 is 6.95. The highest BCUT2D eigenvalue weighted by molar-refractivity contribution is 6.34. The van der Waals surface area contributed by atoms with E-state index in [0.717, 1.165) is 49.7 Å². The lowest BCUT2D eigenvalue weighted by molar-refractivity contribution is 0.0966. The van der Waals surface area contributed by atoms with Gasteiger partial charge < -0.3 is 20.7 Å². The molecule has 2 aromatic heterocycles. The van der Waals surface area contributed by atoms with Gasteiger partial charge in [0.2, 0.25) is 0 Å². The van der Waals surface area contributed by atoms with Crippen LogP contribution in [0.4, 0.5) is 10.6 Å². The minimum absolute atomic E-state index is 0.0441. The largest absolute Gasteiger partial charge is 0.450 e. The quantitative estimate of drug-likeness (QED) is 0.544. The first-order valence-electron chi connectivity index (χ1n) is 11.2. The van der Waals surface area contributed by atoms with Crippen LogP contribution in [0.3, 0.4) is 0 Å². The van der Waals surface area contributed by atoms with Crippen molar-refractivity contribution in [2.24, 2.45) is 7.05 Å². The summed E-state index contributed by atoms with van der Waals surface area (Å²) in [5.74, 6) is 0.325. The molecule has 1 fully saturated rings. The summed E-state index contributed by atoms with van der Waals surface area (Å²) in [6.45, 7) is 2.83. The number of carbonyl (C=O) groups excluding carboxylic acids is 2. The van der Waals surface area contributed by atoms with Crippen LogP contribution in [-0.4, -0.2) is 45.5 Å². The molecule has 2 aliphatic rings. The predicted octanol–water partition coefficient (Wildman–Crippen LogP) is 3.63. The van der Waals surface area contributed by atoms with E-state index in [4.69, 9.17) is 21.3 Å². The number of halogens is 1. The Bertz CT molecular complexity index is 1010. The monoisotopic (exact) mass is 460 g/mol. The topological polar surface area (TPSA) is 110 Å². The molecule has 2 amide bonds. The molecule has 0 unspecified atom stereocenters. The fourth-order valence-corrected chi connectivity index (χ4v) is 4.54. The number of alkyl carbamates (subject to hydrolysis) is 1. The van der Waals surface area contributed by atoms with E-state index in [1.165, 1.54) is 0 Å². The highest BCUT2D eigenvalue weighted by Gasteiger charge is 2.32. The van der Waals surface area contributed by atoms with Crippen molar-refractivity contribution in [3.05, 3.63) is 28.5 Å². The minimum Gasteiger partial charge on any atom is -0.450 e. The van der Waals surface area contributed by atoms with Crippen LogP contribution in [-0.2, 0) is 18.3 Å². The Labute approximate surface area is 192 Å². The first-order chi connectivity index (χ1) is 15.5. The summed E-state index contributed by atoms with van der Waals surface area (Å²) in [7, 11) is 1.82. The van der Waals surface area contributed by atoms with Gasteiger partial charge in [-0.3, -0.25) is 9.48 Å². The van der Waals surface area contributed by atoms with Crippen molar-refractivity contribution in [2.75, 3.05) is 11.9 Å². The lowest BCUT2D eigenvalue weighted by atomic mass is 9.90. The average Bonchev–Trinajstić information content (AvgIpc) is 3.38. The molecule has 0 spiro atoms. The third kappa shape index (κ3) is 4.67. The van der Waals surface area contributed by atoms with Crippen LogP contribution < -0.4 is 16.0 Å². The summed E-state index contributed by atoms with van der Waals surface area (Å²) in [6, 6.07) is -0.136. The van der Waals surface area contributed by atoms with E-state index < -0.39 is 6.09 Å². The zero-order valence-electron chi connectivity index (χ0n) is 18.4. The number of pyridine rings is 1. The molecule has 172 valence electrons. The van der Waals surface area contributed by atoms with Gasteiger partial charge in [-0.05, 0) is 19.3 Å². The van der Waals surface area contributed by atoms with E-state index in [1.54, 1.807) is 10.9 Å². The molecule has 0 aromatic carbocycles. The maximum Gasteiger partial charge on any atom is 0.407 e. The van der Waals surface area contributed by atoms with Gasteiger partial charge in [0.25, 0.3) is 5.91 Å². The van der Waals surface area contributed by atoms with Crippen LogP contribution >= 0.6 is 11.6 Å². The van der Waals surface area contributed by atoms with Crippen LogP contribution in [0.1, 0.15) is 61.4 Å². The van der Waals surface area contributed by atoms with Crippen molar-refractivity contribution in [3.63, 3.8) is 0 Å². The first kappa shape index (κ1) is 22.4. The molecule has 4 rings (SSSR count).